The van der Waals surface area contributed by atoms with Gasteiger partial charge in [0.2, 0.25) is 11.8 Å². The summed E-state index contributed by atoms with van der Waals surface area (Å²) in [4.78, 5) is 31.1. The Morgan fingerprint density at radius 2 is 1.51 bits per heavy atom. The molecular weight excluding hydrogens is 438 g/mol. The van der Waals surface area contributed by atoms with Crippen LogP contribution in [-0.4, -0.2) is 62.5 Å². The van der Waals surface area contributed by atoms with Crippen molar-refractivity contribution < 1.29 is 9.59 Å². The first kappa shape index (κ1) is 23.7. The number of anilines is 3. The number of piperazine rings is 1. The lowest BCUT2D eigenvalue weighted by Crippen LogP contribution is -2.52. The molecule has 0 aromatic heterocycles. The second kappa shape index (κ2) is 10.3. The average Bonchev–Trinajstić information content (AvgIpc) is 2.87. The molecule has 2 amide bonds. The topological polar surface area (TPSA) is 81.9 Å². The average molecular weight is 476 g/mol. The number of nitrogens with two attached hydrogens (primary N) is 1. The van der Waals surface area contributed by atoms with E-state index in [9.17, 15) is 9.59 Å². The van der Waals surface area contributed by atoms with Gasteiger partial charge in [-0.25, -0.2) is 0 Å². The molecule has 0 aliphatic carbocycles. The predicted molar refractivity (Wildman–Crippen MR) is 141 cm³/mol. The number of imide groups is 1. The van der Waals surface area contributed by atoms with E-state index in [0.29, 0.717) is 18.9 Å². The standard InChI is InChI=1S/C28H37N5O2/c1-31-16-17-33(24-8-4-22(29)5-9-24)19-25(31)18-20-12-14-32(15-13-20)23-6-2-21(3-7-23)26-10-11-27(34)30-28(26)35/h2-9,20,25-26H,10-19,29H2,1H3,(H,30,34,35). The van der Waals surface area contributed by atoms with Gasteiger partial charge in [0.1, 0.15) is 0 Å². The number of likely N-dealkylation sites (N-methyl/N-ethyl adjacent to an activating group) is 1. The second-order valence-corrected chi connectivity index (χ2v) is 10.4. The van der Waals surface area contributed by atoms with Gasteiger partial charge in [-0.3, -0.25) is 19.8 Å². The lowest BCUT2D eigenvalue weighted by molar-refractivity contribution is -0.134. The number of hydrogen-bond acceptors (Lipinski definition) is 6. The number of carbonyl (C=O) groups excluding carboxylic acids is 2. The van der Waals surface area contributed by atoms with Crippen molar-refractivity contribution in [3.05, 3.63) is 54.1 Å². The molecule has 0 spiro atoms. The second-order valence-electron chi connectivity index (χ2n) is 10.4. The molecule has 7 nitrogen and oxygen atoms in total. The Labute approximate surface area is 208 Å². The Morgan fingerprint density at radius 3 is 2.20 bits per heavy atom. The van der Waals surface area contributed by atoms with Gasteiger partial charge in [-0.2, -0.15) is 0 Å². The van der Waals surface area contributed by atoms with Crippen molar-refractivity contribution >= 4 is 28.9 Å². The van der Waals surface area contributed by atoms with Gasteiger partial charge in [0.05, 0.1) is 5.92 Å². The summed E-state index contributed by atoms with van der Waals surface area (Å²) in [5.74, 6) is 0.196. The van der Waals surface area contributed by atoms with Crippen LogP contribution in [0.15, 0.2) is 48.5 Å². The molecular formula is C28H37N5O2. The number of nitrogen functional groups attached to an aromatic ring is 1. The normalized spacial score (nSPS) is 24.5. The molecule has 7 heteroatoms. The van der Waals surface area contributed by atoms with Gasteiger partial charge in [0.25, 0.3) is 0 Å². The maximum absolute atomic E-state index is 12.2. The fourth-order valence-electron chi connectivity index (χ4n) is 5.86. The van der Waals surface area contributed by atoms with Crippen LogP contribution in [0.4, 0.5) is 17.1 Å². The van der Waals surface area contributed by atoms with Crippen molar-refractivity contribution in [2.75, 3.05) is 55.3 Å². The maximum atomic E-state index is 12.2. The van der Waals surface area contributed by atoms with Crippen LogP contribution >= 0.6 is 0 Å². The Bertz CT molecular complexity index is 1030. The van der Waals surface area contributed by atoms with Crippen LogP contribution < -0.4 is 20.9 Å². The van der Waals surface area contributed by atoms with Gasteiger partial charge in [0.15, 0.2) is 0 Å². The molecule has 3 heterocycles. The molecule has 0 bridgehead atoms. The first-order valence-electron chi connectivity index (χ1n) is 13.0. The number of amides is 2. The van der Waals surface area contributed by atoms with Crippen molar-refractivity contribution in [2.24, 2.45) is 5.92 Å². The number of hydrogen-bond donors (Lipinski definition) is 2. The molecule has 3 saturated heterocycles. The fraction of sp³-hybridized carbons (Fsp3) is 0.500. The van der Waals surface area contributed by atoms with Gasteiger partial charge in [-0.1, -0.05) is 12.1 Å². The van der Waals surface area contributed by atoms with Crippen LogP contribution in [-0.2, 0) is 9.59 Å². The van der Waals surface area contributed by atoms with Crippen molar-refractivity contribution in [1.29, 1.82) is 0 Å². The van der Waals surface area contributed by atoms with Crippen LogP contribution in [0.25, 0.3) is 0 Å². The minimum Gasteiger partial charge on any atom is -0.399 e. The van der Waals surface area contributed by atoms with E-state index in [1.165, 1.54) is 30.6 Å². The van der Waals surface area contributed by atoms with E-state index in [0.717, 1.165) is 49.9 Å². The zero-order valence-electron chi connectivity index (χ0n) is 20.7. The summed E-state index contributed by atoms with van der Waals surface area (Å²) in [6.45, 7) is 5.36. The molecule has 2 aromatic carbocycles. The highest BCUT2D eigenvalue weighted by Gasteiger charge is 2.30. The highest BCUT2D eigenvalue weighted by Crippen LogP contribution is 2.31. The van der Waals surface area contributed by atoms with Gasteiger partial charge in [-0.15, -0.1) is 0 Å². The monoisotopic (exact) mass is 475 g/mol. The highest BCUT2D eigenvalue weighted by molar-refractivity contribution is 6.00. The third-order valence-corrected chi connectivity index (χ3v) is 8.16. The van der Waals surface area contributed by atoms with E-state index < -0.39 is 0 Å². The molecule has 3 aliphatic rings. The van der Waals surface area contributed by atoms with Crippen LogP contribution in [0.2, 0.25) is 0 Å². The first-order valence-corrected chi connectivity index (χ1v) is 13.0. The fourth-order valence-corrected chi connectivity index (χ4v) is 5.86. The largest absolute Gasteiger partial charge is 0.399 e. The minimum absolute atomic E-state index is 0.164. The molecule has 0 radical (unpaired) electrons. The highest BCUT2D eigenvalue weighted by atomic mass is 16.2. The van der Waals surface area contributed by atoms with E-state index in [1.54, 1.807) is 0 Å². The van der Waals surface area contributed by atoms with Crippen LogP contribution in [0.1, 0.15) is 43.6 Å². The Morgan fingerprint density at radius 1 is 0.857 bits per heavy atom. The van der Waals surface area contributed by atoms with Crippen molar-refractivity contribution in [1.82, 2.24) is 10.2 Å². The number of nitrogens with one attached hydrogen (secondary N) is 1. The lowest BCUT2D eigenvalue weighted by atomic mass is 9.88. The Hall–Kier alpha value is -3.06. The van der Waals surface area contributed by atoms with Crippen LogP contribution in [0.5, 0.6) is 0 Å². The smallest absolute Gasteiger partial charge is 0.234 e. The van der Waals surface area contributed by atoms with Gasteiger partial charge in [-0.05, 0) is 80.6 Å². The Balaban J connectivity index is 1.13. The molecule has 3 fully saturated rings. The summed E-state index contributed by atoms with van der Waals surface area (Å²) in [5, 5.41) is 2.46. The van der Waals surface area contributed by atoms with Crippen LogP contribution in [0, 0.1) is 5.92 Å². The van der Waals surface area contributed by atoms with E-state index >= 15 is 0 Å². The first-order chi connectivity index (χ1) is 17.0. The van der Waals surface area contributed by atoms with Crippen molar-refractivity contribution in [3.8, 4) is 0 Å². The molecule has 35 heavy (non-hydrogen) atoms. The summed E-state index contributed by atoms with van der Waals surface area (Å²) in [5.41, 5.74) is 10.2. The third kappa shape index (κ3) is 5.45. The number of carbonyl (C=O) groups is 2. The van der Waals surface area contributed by atoms with E-state index in [-0.39, 0.29) is 17.7 Å². The van der Waals surface area contributed by atoms with Gasteiger partial charge in [0, 0.05) is 62.2 Å². The van der Waals surface area contributed by atoms with Crippen molar-refractivity contribution in [2.45, 2.75) is 44.1 Å². The number of benzene rings is 2. The van der Waals surface area contributed by atoms with E-state index in [4.69, 9.17) is 5.73 Å². The summed E-state index contributed by atoms with van der Waals surface area (Å²) >= 11 is 0. The summed E-state index contributed by atoms with van der Waals surface area (Å²) in [6, 6.07) is 17.2. The molecule has 3 N–H and O–H groups in total. The maximum Gasteiger partial charge on any atom is 0.234 e. The minimum atomic E-state index is -0.215. The molecule has 5 rings (SSSR count). The number of piperidine rings is 2. The molecule has 186 valence electrons. The van der Waals surface area contributed by atoms with E-state index in [1.807, 2.05) is 12.1 Å². The lowest BCUT2D eigenvalue weighted by Gasteiger charge is -2.43. The van der Waals surface area contributed by atoms with Gasteiger partial charge >= 0.3 is 0 Å². The molecule has 2 unspecified atom stereocenters. The quantitative estimate of drug-likeness (QED) is 0.511. The Kier molecular flexibility index (Phi) is 6.95. The van der Waals surface area contributed by atoms with E-state index in [2.05, 4.69) is 63.5 Å². The zero-order valence-corrected chi connectivity index (χ0v) is 20.7. The van der Waals surface area contributed by atoms with Gasteiger partial charge < -0.3 is 15.5 Å². The van der Waals surface area contributed by atoms with Crippen molar-refractivity contribution in [3.63, 3.8) is 0 Å². The number of nitrogens with zero attached hydrogens (tertiary/aromatic N) is 3. The van der Waals surface area contributed by atoms with Crippen LogP contribution in [0.3, 0.4) is 0 Å². The summed E-state index contributed by atoms with van der Waals surface area (Å²) in [7, 11) is 2.27. The molecule has 2 aromatic rings. The summed E-state index contributed by atoms with van der Waals surface area (Å²) in [6.07, 6.45) is 4.67. The number of rotatable bonds is 5. The molecule has 2 atom stereocenters. The molecule has 3 aliphatic heterocycles. The summed E-state index contributed by atoms with van der Waals surface area (Å²) < 4.78 is 0. The third-order valence-electron chi connectivity index (χ3n) is 8.16. The zero-order chi connectivity index (χ0) is 24.4. The SMILES string of the molecule is CN1CCN(c2ccc(N)cc2)CC1CC1CCN(c2ccc(C3CCC(=O)NC3=O)cc2)CC1. The predicted octanol–water partition coefficient (Wildman–Crippen LogP) is 3.22. The molecule has 0 saturated carbocycles.